The number of ether oxygens (including phenoxy) is 2. The molecular weight excluding hydrogens is 698 g/mol. The van der Waals surface area contributed by atoms with Crippen molar-refractivity contribution in [2.75, 3.05) is 30.5 Å². The van der Waals surface area contributed by atoms with Crippen molar-refractivity contribution in [3.63, 3.8) is 0 Å². The van der Waals surface area contributed by atoms with Gasteiger partial charge in [-0.2, -0.15) is 0 Å². The minimum atomic E-state index is -3.05. The van der Waals surface area contributed by atoms with Crippen molar-refractivity contribution in [3.8, 4) is 5.75 Å². The standard InChI is InChI=1S/C40H44ClN3O7Si/c1-26-37(52(3,4)49)35(23-36(46)43(19-20-45)24-27-9-6-5-7-10-27)51-40(26)33-22-30(41)15-18-34(33)44(39(40)48)25-28-11-8-12-31(21-28)42-38(47)29-13-16-32(50-2)17-14-29/h5-18,21-22,26,35,37,45,49H,19-20,23-25H2,1-4H3,(H,42,47)/t26-,35+,37-,40+/m1/s1. The number of fused-ring (bicyclic) bond motifs is 2. The van der Waals surface area contributed by atoms with E-state index in [1.54, 1.807) is 65.4 Å². The summed E-state index contributed by atoms with van der Waals surface area (Å²) in [6.45, 7) is 5.94. The average molecular weight is 742 g/mol. The highest BCUT2D eigenvalue weighted by Crippen LogP contribution is 2.60. The van der Waals surface area contributed by atoms with E-state index >= 15 is 0 Å². The molecule has 12 heteroatoms. The smallest absolute Gasteiger partial charge is 0.264 e. The number of carbonyl (C=O) groups excluding carboxylic acids is 3. The number of benzene rings is 4. The van der Waals surface area contributed by atoms with Crippen LogP contribution in [0.4, 0.5) is 11.4 Å². The molecule has 4 atom stereocenters. The van der Waals surface area contributed by atoms with E-state index < -0.39 is 31.5 Å². The van der Waals surface area contributed by atoms with Crippen molar-refractivity contribution >= 4 is 49.0 Å². The van der Waals surface area contributed by atoms with Crippen LogP contribution in [0, 0.1) is 5.92 Å². The van der Waals surface area contributed by atoms with E-state index in [9.17, 15) is 24.3 Å². The van der Waals surface area contributed by atoms with Crippen LogP contribution in [-0.4, -0.2) is 67.2 Å². The number of carbonyl (C=O) groups is 3. The highest BCUT2D eigenvalue weighted by Gasteiger charge is 2.66. The molecule has 1 fully saturated rings. The van der Waals surface area contributed by atoms with Crippen LogP contribution in [0.1, 0.15) is 40.4 Å². The van der Waals surface area contributed by atoms with Gasteiger partial charge in [0.05, 0.1) is 38.5 Å². The maximum absolute atomic E-state index is 14.9. The normalized spacial score (nSPS) is 20.9. The second-order valence-corrected chi connectivity index (χ2v) is 18.4. The Kier molecular flexibility index (Phi) is 10.9. The predicted molar refractivity (Wildman–Crippen MR) is 203 cm³/mol. The number of hydrogen-bond donors (Lipinski definition) is 3. The van der Waals surface area contributed by atoms with E-state index in [1.165, 1.54) is 0 Å². The number of rotatable bonds is 12. The van der Waals surface area contributed by atoms with Gasteiger partial charge >= 0.3 is 0 Å². The first-order valence-corrected chi connectivity index (χ1v) is 20.7. The fourth-order valence-corrected chi connectivity index (χ4v) is 10.5. The van der Waals surface area contributed by atoms with E-state index in [1.807, 2.05) is 68.5 Å². The zero-order chi connectivity index (χ0) is 37.2. The molecule has 0 aliphatic carbocycles. The van der Waals surface area contributed by atoms with Crippen molar-refractivity contribution in [1.82, 2.24) is 4.90 Å². The monoisotopic (exact) mass is 741 g/mol. The highest BCUT2D eigenvalue weighted by molar-refractivity contribution is 6.71. The third-order valence-corrected chi connectivity index (χ3v) is 12.9. The van der Waals surface area contributed by atoms with Gasteiger partial charge in [-0.05, 0) is 78.8 Å². The highest BCUT2D eigenvalue weighted by atomic mass is 35.5. The summed E-state index contributed by atoms with van der Waals surface area (Å²) in [7, 11) is -1.49. The van der Waals surface area contributed by atoms with E-state index in [0.717, 1.165) is 11.1 Å². The van der Waals surface area contributed by atoms with Gasteiger partial charge in [-0.3, -0.25) is 14.4 Å². The Morgan fingerprint density at radius 1 is 1.00 bits per heavy atom. The van der Waals surface area contributed by atoms with Crippen LogP contribution in [0.25, 0.3) is 0 Å². The van der Waals surface area contributed by atoms with Gasteiger partial charge in [0.25, 0.3) is 11.8 Å². The third-order valence-electron chi connectivity index (χ3n) is 10.1. The number of aliphatic hydroxyl groups excluding tert-OH is 1. The fraction of sp³-hybridized carbons (Fsp3) is 0.325. The van der Waals surface area contributed by atoms with Crippen LogP contribution in [0.3, 0.4) is 0 Å². The molecule has 1 spiro atoms. The van der Waals surface area contributed by atoms with Gasteiger partial charge in [-0.15, -0.1) is 0 Å². The first kappa shape index (κ1) is 37.2. The summed E-state index contributed by atoms with van der Waals surface area (Å²) < 4.78 is 12.1. The van der Waals surface area contributed by atoms with Gasteiger partial charge in [-0.1, -0.05) is 61.0 Å². The Hall–Kier alpha value is -4.52. The lowest BCUT2D eigenvalue weighted by Gasteiger charge is -2.32. The number of hydrogen-bond acceptors (Lipinski definition) is 7. The molecule has 10 nitrogen and oxygen atoms in total. The Labute approximate surface area is 310 Å². The third kappa shape index (κ3) is 7.37. The molecular formula is C40H44ClN3O7Si. The van der Waals surface area contributed by atoms with Crippen LogP contribution in [0.2, 0.25) is 23.7 Å². The molecule has 2 heterocycles. The lowest BCUT2D eigenvalue weighted by molar-refractivity contribution is -0.150. The molecule has 1 saturated heterocycles. The van der Waals surface area contributed by atoms with Crippen LogP contribution in [0.15, 0.2) is 97.1 Å². The predicted octanol–water partition coefficient (Wildman–Crippen LogP) is 6.36. The van der Waals surface area contributed by atoms with Crippen molar-refractivity contribution < 1.29 is 33.8 Å². The number of aliphatic hydroxyl groups is 1. The second kappa shape index (κ2) is 15.2. The summed E-state index contributed by atoms with van der Waals surface area (Å²) in [6, 6.07) is 28.9. The van der Waals surface area contributed by atoms with Gasteiger partial charge in [0, 0.05) is 46.4 Å². The molecule has 0 aromatic heterocycles. The van der Waals surface area contributed by atoms with Gasteiger partial charge < -0.3 is 34.5 Å². The molecule has 3 amide bonds. The van der Waals surface area contributed by atoms with Crippen molar-refractivity contribution in [2.45, 2.75) is 56.8 Å². The summed E-state index contributed by atoms with van der Waals surface area (Å²) in [5.74, 6) is -0.679. The minimum Gasteiger partial charge on any atom is -0.497 e. The number of nitrogens with zero attached hydrogens (tertiary/aromatic N) is 2. The average Bonchev–Trinajstić information content (AvgIpc) is 3.54. The van der Waals surface area contributed by atoms with E-state index in [0.29, 0.717) is 39.8 Å². The van der Waals surface area contributed by atoms with Crippen LogP contribution >= 0.6 is 11.6 Å². The summed E-state index contributed by atoms with van der Waals surface area (Å²) in [5.41, 5.74) is 1.98. The Morgan fingerprint density at radius 3 is 2.38 bits per heavy atom. The molecule has 6 rings (SSSR count). The number of anilines is 2. The molecule has 0 bridgehead atoms. The van der Waals surface area contributed by atoms with Gasteiger partial charge in [-0.25, -0.2) is 0 Å². The van der Waals surface area contributed by atoms with Crippen molar-refractivity contribution in [1.29, 1.82) is 0 Å². The quantitative estimate of drug-likeness (QED) is 0.144. The van der Waals surface area contributed by atoms with E-state index in [2.05, 4.69) is 5.32 Å². The number of nitrogens with one attached hydrogen (secondary N) is 1. The molecule has 4 aromatic rings. The van der Waals surface area contributed by atoms with Gasteiger partial charge in [0.15, 0.2) is 13.9 Å². The largest absolute Gasteiger partial charge is 0.497 e. The molecule has 3 N–H and O–H groups in total. The zero-order valence-electron chi connectivity index (χ0n) is 29.7. The maximum Gasteiger partial charge on any atom is 0.264 e. The lowest BCUT2D eigenvalue weighted by atomic mass is 9.82. The van der Waals surface area contributed by atoms with Crippen molar-refractivity contribution in [3.05, 3.63) is 124 Å². The van der Waals surface area contributed by atoms with Crippen molar-refractivity contribution in [2.24, 2.45) is 5.92 Å². The molecule has 0 radical (unpaired) electrons. The SMILES string of the molecule is COc1ccc(C(=O)Nc2cccc(CN3C(=O)[C@@]4(O[C@@H](CC(=O)N(CCO)Cc5ccccc5)[C@H]([Si](C)(C)O)[C@H]4C)c4cc(Cl)ccc43)c2)cc1. The minimum absolute atomic E-state index is 0.0697. The fourth-order valence-electron chi connectivity index (χ4n) is 7.80. The molecule has 2 aliphatic rings. The molecule has 0 saturated carbocycles. The second-order valence-electron chi connectivity index (χ2n) is 14.0. The summed E-state index contributed by atoms with van der Waals surface area (Å²) >= 11 is 6.57. The first-order chi connectivity index (χ1) is 24.8. The number of amides is 3. The Bertz CT molecular complexity index is 1940. The zero-order valence-corrected chi connectivity index (χ0v) is 31.5. The first-order valence-electron chi connectivity index (χ1n) is 17.3. The Morgan fingerprint density at radius 2 is 1.71 bits per heavy atom. The van der Waals surface area contributed by atoms with Crippen LogP contribution in [-0.2, 0) is 33.0 Å². The maximum atomic E-state index is 14.9. The molecule has 272 valence electrons. The molecule has 52 heavy (non-hydrogen) atoms. The molecule has 2 aliphatic heterocycles. The van der Waals surface area contributed by atoms with Crippen LogP contribution < -0.4 is 15.0 Å². The van der Waals surface area contributed by atoms with Crippen LogP contribution in [0.5, 0.6) is 5.75 Å². The van der Waals surface area contributed by atoms with E-state index in [4.69, 9.17) is 21.1 Å². The summed E-state index contributed by atoms with van der Waals surface area (Å²) in [5, 5.41) is 13.2. The Balaban J connectivity index is 1.28. The molecule has 4 aromatic carbocycles. The number of methoxy groups -OCH3 is 1. The summed E-state index contributed by atoms with van der Waals surface area (Å²) in [4.78, 5) is 56.7. The lowest BCUT2D eigenvalue weighted by Crippen LogP contribution is -2.46. The topological polar surface area (TPSA) is 129 Å². The van der Waals surface area contributed by atoms with Gasteiger partial charge in [0.1, 0.15) is 5.75 Å². The van der Waals surface area contributed by atoms with E-state index in [-0.39, 0.29) is 43.8 Å². The summed E-state index contributed by atoms with van der Waals surface area (Å²) in [6.07, 6.45) is -0.835. The van der Waals surface area contributed by atoms with Gasteiger partial charge in [0.2, 0.25) is 5.91 Å². The number of halogens is 1. The molecule has 0 unspecified atom stereocenters.